The molecule has 3 atom stereocenters. The monoisotopic (exact) mass is 366 g/mol. The topological polar surface area (TPSA) is 32.3 Å². The maximum absolute atomic E-state index is 16.3. The summed E-state index contributed by atoms with van der Waals surface area (Å²) in [7, 11) is 0. The summed E-state index contributed by atoms with van der Waals surface area (Å²) < 4.78 is 16.3. The molecule has 0 saturated heterocycles. The summed E-state index contributed by atoms with van der Waals surface area (Å²) in [4.78, 5) is 13.2. The van der Waals surface area contributed by atoms with Crippen LogP contribution in [0.15, 0.2) is 54.3 Å². The average molecular weight is 366 g/mol. The Morgan fingerprint density at radius 2 is 2.00 bits per heavy atom. The Morgan fingerprint density at radius 1 is 1.15 bits per heavy atom. The number of hydrogen-bond acceptors (Lipinski definition) is 5. The van der Waals surface area contributed by atoms with Crippen molar-refractivity contribution in [3.63, 3.8) is 0 Å². The number of alkyl halides is 1. The molecule has 0 bridgehead atoms. The predicted molar refractivity (Wildman–Crippen MR) is 103 cm³/mol. The highest BCUT2D eigenvalue weighted by atomic mass is 32.1. The van der Waals surface area contributed by atoms with E-state index in [1.165, 1.54) is 0 Å². The lowest BCUT2D eigenvalue weighted by atomic mass is 9.76. The van der Waals surface area contributed by atoms with Gasteiger partial charge in [0.05, 0.1) is 16.9 Å². The average Bonchev–Trinajstić information content (AvgIpc) is 3.31. The minimum absolute atomic E-state index is 0.166. The molecule has 2 aliphatic heterocycles. The molecule has 0 radical (unpaired) electrons. The molecule has 0 N–H and O–H groups in total. The summed E-state index contributed by atoms with van der Waals surface area (Å²) in [5.74, 6) is 0.606. The van der Waals surface area contributed by atoms with Crippen LogP contribution < -0.4 is 9.80 Å². The maximum Gasteiger partial charge on any atom is 0.162 e. The van der Waals surface area contributed by atoms with E-state index in [0.29, 0.717) is 6.42 Å². The first-order valence-corrected chi connectivity index (χ1v) is 9.75. The quantitative estimate of drug-likeness (QED) is 0.610. The minimum atomic E-state index is -1.39. The Balaban J connectivity index is 1.81. The molecule has 132 valence electrons. The van der Waals surface area contributed by atoms with Crippen molar-refractivity contribution in [1.29, 1.82) is 0 Å². The third-order valence-corrected chi connectivity index (χ3v) is 6.60. The van der Waals surface area contributed by atoms with Crippen molar-refractivity contribution in [3.05, 3.63) is 59.9 Å². The van der Waals surface area contributed by atoms with Gasteiger partial charge in [0, 0.05) is 11.5 Å². The van der Waals surface area contributed by atoms with Crippen LogP contribution in [-0.2, 0) is 5.67 Å². The van der Waals surface area contributed by atoms with Gasteiger partial charge < -0.3 is 9.80 Å². The van der Waals surface area contributed by atoms with Gasteiger partial charge in [-0.1, -0.05) is 32.0 Å². The third kappa shape index (κ3) is 1.88. The van der Waals surface area contributed by atoms with E-state index in [-0.39, 0.29) is 12.1 Å². The van der Waals surface area contributed by atoms with Crippen LogP contribution in [0.3, 0.4) is 0 Å². The van der Waals surface area contributed by atoms with E-state index in [1.54, 1.807) is 17.7 Å². The van der Waals surface area contributed by atoms with Crippen LogP contribution in [0.25, 0.3) is 0 Å². The summed E-state index contributed by atoms with van der Waals surface area (Å²) in [6, 6.07) is 11.9. The molecule has 0 saturated carbocycles. The van der Waals surface area contributed by atoms with Crippen LogP contribution in [0, 0.1) is 5.92 Å². The molecule has 3 unspecified atom stereocenters. The predicted octanol–water partition coefficient (Wildman–Crippen LogP) is 5.38. The molecular formula is C20H19FN4S. The van der Waals surface area contributed by atoms with Crippen molar-refractivity contribution in [2.24, 2.45) is 5.92 Å². The fraction of sp³-hybridized carbons (Fsp3) is 0.300. The number of thiophene rings is 1. The number of halogens is 1. The van der Waals surface area contributed by atoms with Gasteiger partial charge >= 0.3 is 0 Å². The highest BCUT2D eigenvalue weighted by Crippen LogP contribution is 2.58. The number of hydrogen-bond donors (Lipinski definition) is 0. The number of anilines is 4. The van der Waals surface area contributed by atoms with Gasteiger partial charge in [-0.2, -0.15) is 0 Å². The number of rotatable bonds is 2. The third-order valence-electron chi connectivity index (χ3n) is 5.73. The van der Waals surface area contributed by atoms with E-state index in [4.69, 9.17) is 0 Å². The summed E-state index contributed by atoms with van der Waals surface area (Å²) >= 11 is 1.65. The minimum Gasteiger partial charge on any atom is -0.307 e. The van der Waals surface area contributed by atoms with Crippen LogP contribution in [0.1, 0.15) is 25.8 Å². The summed E-state index contributed by atoms with van der Waals surface area (Å²) in [5, 5.41) is 3.13. The van der Waals surface area contributed by atoms with Gasteiger partial charge in [-0.25, -0.2) is 14.4 Å². The Labute approximate surface area is 155 Å². The lowest BCUT2D eigenvalue weighted by Gasteiger charge is -2.48. The Kier molecular flexibility index (Phi) is 3.34. The second-order valence-corrected chi connectivity index (χ2v) is 7.78. The highest BCUT2D eigenvalue weighted by molar-refractivity contribution is 7.14. The van der Waals surface area contributed by atoms with Gasteiger partial charge in [-0.3, -0.25) is 0 Å². The van der Waals surface area contributed by atoms with E-state index < -0.39 is 5.67 Å². The van der Waals surface area contributed by atoms with Crippen LogP contribution in [0.2, 0.25) is 0 Å². The Hall–Kier alpha value is -2.47. The molecule has 3 aromatic rings. The van der Waals surface area contributed by atoms with Gasteiger partial charge in [0.25, 0.3) is 0 Å². The maximum atomic E-state index is 16.3. The van der Waals surface area contributed by atoms with E-state index in [9.17, 15) is 0 Å². The zero-order chi connectivity index (χ0) is 17.9. The van der Waals surface area contributed by atoms with Crippen molar-refractivity contribution in [3.8, 4) is 0 Å². The highest BCUT2D eigenvalue weighted by Gasteiger charge is 2.55. The molecule has 1 aromatic carbocycles. The van der Waals surface area contributed by atoms with Crippen molar-refractivity contribution in [2.75, 3.05) is 9.80 Å². The standard InChI is InChI=1S/C20H19FN4S/c1-3-20(21)13(2)19-24(17-9-6-10-26-17)16-11-22-12-23-18(16)25(19)15-8-5-4-7-14(15)20/h4-13,19H,3H2,1-2H3. The molecule has 2 aromatic heterocycles. The van der Waals surface area contributed by atoms with Crippen molar-refractivity contribution < 1.29 is 4.39 Å². The molecule has 26 heavy (non-hydrogen) atoms. The zero-order valence-electron chi connectivity index (χ0n) is 14.6. The van der Waals surface area contributed by atoms with Crippen molar-refractivity contribution >= 4 is 33.5 Å². The van der Waals surface area contributed by atoms with Gasteiger partial charge in [-0.15, -0.1) is 11.3 Å². The first-order valence-electron chi connectivity index (χ1n) is 8.87. The summed E-state index contributed by atoms with van der Waals surface area (Å²) in [6.07, 6.45) is 3.68. The van der Waals surface area contributed by atoms with Gasteiger partial charge in [0.2, 0.25) is 0 Å². The molecule has 2 aliphatic rings. The van der Waals surface area contributed by atoms with Crippen LogP contribution in [0.5, 0.6) is 0 Å². The second kappa shape index (κ2) is 5.51. The first-order chi connectivity index (χ1) is 12.7. The number of fused-ring (bicyclic) bond motifs is 5. The first kappa shape index (κ1) is 15.8. The van der Waals surface area contributed by atoms with E-state index in [2.05, 4.69) is 25.8 Å². The van der Waals surface area contributed by atoms with Crippen molar-refractivity contribution in [1.82, 2.24) is 9.97 Å². The lowest BCUT2D eigenvalue weighted by molar-refractivity contribution is 0.0621. The number of benzene rings is 1. The summed E-state index contributed by atoms with van der Waals surface area (Å²) in [6.45, 7) is 3.94. The van der Waals surface area contributed by atoms with E-state index >= 15 is 4.39 Å². The van der Waals surface area contributed by atoms with Crippen LogP contribution >= 0.6 is 11.3 Å². The number of aromatic nitrogens is 2. The lowest BCUT2D eigenvalue weighted by Crippen LogP contribution is -2.53. The van der Waals surface area contributed by atoms with E-state index in [1.807, 2.05) is 55.8 Å². The molecule has 0 amide bonds. The largest absolute Gasteiger partial charge is 0.307 e. The molecule has 0 aliphatic carbocycles. The molecular weight excluding hydrogens is 347 g/mol. The SMILES string of the molecule is CCC1(F)c2ccccc2N2c3ncncc3N(c3cccs3)C2C1C. The second-order valence-electron chi connectivity index (χ2n) is 6.86. The van der Waals surface area contributed by atoms with Gasteiger partial charge in [0.15, 0.2) is 5.82 Å². The summed E-state index contributed by atoms with van der Waals surface area (Å²) in [5.41, 5.74) is 1.20. The van der Waals surface area contributed by atoms with Crippen LogP contribution in [0.4, 0.5) is 26.6 Å². The number of para-hydroxylation sites is 1. The van der Waals surface area contributed by atoms with E-state index in [0.717, 1.165) is 27.8 Å². The fourth-order valence-corrected chi connectivity index (χ4v) is 5.22. The normalized spacial score (nSPS) is 26.4. The molecule has 4 nitrogen and oxygen atoms in total. The molecule has 0 fully saturated rings. The van der Waals surface area contributed by atoms with Crippen LogP contribution in [-0.4, -0.2) is 16.1 Å². The smallest absolute Gasteiger partial charge is 0.162 e. The molecule has 6 heteroatoms. The van der Waals surface area contributed by atoms with Gasteiger partial charge in [0.1, 0.15) is 23.8 Å². The Bertz CT molecular complexity index is 960. The van der Waals surface area contributed by atoms with Gasteiger partial charge in [-0.05, 0) is 30.0 Å². The number of nitrogens with zero attached hydrogens (tertiary/aromatic N) is 4. The zero-order valence-corrected chi connectivity index (χ0v) is 15.4. The Morgan fingerprint density at radius 3 is 2.77 bits per heavy atom. The molecule has 5 rings (SSSR count). The fourth-order valence-electron chi connectivity index (χ4n) is 4.44. The molecule has 0 spiro atoms. The van der Waals surface area contributed by atoms with Crippen molar-refractivity contribution in [2.45, 2.75) is 32.1 Å². The molecule has 4 heterocycles.